The molecule has 1 aliphatic heterocycles. The summed E-state index contributed by atoms with van der Waals surface area (Å²) >= 11 is -2.86. The van der Waals surface area contributed by atoms with Crippen LogP contribution in [0.4, 0.5) is 0 Å². The molecule has 1 N–H and O–H groups in total. The zero-order chi connectivity index (χ0) is 12.8. The SMILES string of the molecule is CC1=C(c2ccccc2)C(=O)N=N1.O=S([O-])O. The van der Waals surface area contributed by atoms with Crippen LogP contribution >= 0.6 is 0 Å². The predicted octanol–water partition coefficient (Wildman–Crippen LogP) is 1.75. The van der Waals surface area contributed by atoms with Gasteiger partial charge < -0.3 is 9.11 Å². The van der Waals surface area contributed by atoms with E-state index in [9.17, 15) is 4.79 Å². The van der Waals surface area contributed by atoms with Crippen molar-refractivity contribution < 1.29 is 18.1 Å². The summed E-state index contributed by atoms with van der Waals surface area (Å²) in [6.07, 6.45) is 0. The molecule has 1 atom stereocenters. The molecule has 1 heterocycles. The second kappa shape index (κ2) is 6.14. The number of benzene rings is 1. The van der Waals surface area contributed by atoms with Crippen LogP contribution < -0.4 is 0 Å². The van der Waals surface area contributed by atoms with Crippen LogP contribution in [0, 0.1) is 0 Å². The molecule has 0 spiro atoms. The van der Waals surface area contributed by atoms with Gasteiger partial charge in [-0.1, -0.05) is 30.3 Å². The zero-order valence-corrected chi connectivity index (χ0v) is 9.68. The molecule has 0 aliphatic carbocycles. The summed E-state index contributed by atoms with van der Waals surface area (Å²) in [5.41, 5.74) is 2.19. The number of hydrogen-bond donors (Lipinski definition) is 1. The van der Waals surface area contributed by atoms with Gasteiger partial charge in [0.15, 0.2) is 0 Å². The average molecular weight is 253 g/mol. The first-order valence-corrected chi connectivity index (χ1v) is 5.56. The van der Waals surface area contributed by atoms with Crippen molar-refractivity contribution in [2.45, 2.75) is 6.92 Å². The largest absolute Gasteiger partial charge is 0.750 e. The molecule has 0 aromatic heterocycles. The number of amides is 1. The molecular formula is C10H9N2O4S-. The standard InChI is InChI=1S/C10H8N2O.H2O3S/c1-7-9(10(13)12-11-7)8-5-3-2-4-6-8;1-4(2)3/h2-6H,1H3;(H2,1,2,3)/p-1. The van der Waals surface area contributed by atoms with Gasteiger partial charge in [-0.3, -0.25) is 4.79 Å². The lowest BCUT2D eigenvalue weighted by atomic mass is 10.0. The summed E-state index contributed by atoms with van der Waals surface area (Å²) in [6, 6.07) is 9.45. The third kappa shape index (κ3) is 3.99. The number of carbonyl (C=O) groups is 1. The van der Waals surface area contributed by atoms with Crippen molar-refractivity contribution >= 4 is 22.8 Å². The van der Waals surface area contributed by atoms with Crippen LogP contribution in [0.3, 0.4) is 0 Å². The van der Waals surface area contributed by atoms with Gasteiger partial charge in [-0.2, -0.15) is 5.11 Å². The van der Waals surface area contributed by atoms with Crippen molar-refractivity contribution in [2.75, 3.05) is 0 Å². The normalized spacial score (nSPS) is 15.6. The minimum atomic E-state index is -2.86. The number of nitrogens with zero attached hydrogens (tertiary/aromatic N) is 2. The van der Waals surface area contributed by atoms with Crippen molar-refractivity contribution in [3.05, 3.63) is 41.6 Å². The molecule has 7 heteroatoms. The van der Waals surface area contributed by atoms with Crippen molar-refractivity contribution in [3.63, 3.8) is 0 Å². The Labute approximate surface area is 100 Å². The summed E-state index contributed by atoms with van der Waals surface area (Å²) in [7, 11) is 0. The first-order valence-electron chi connectivity index (χ1n) is 4.53. The van der Waals surface area contributed by atoms with Gasteiger partial charge in [-0.15, -0.1) is 5.11 Å². The molecule has 0 bridgehead atoms. The monoisotopic (exact) mass is 253 g/mol. The third-order valence-corrected chi connectivity index (χ3v) is 1.93. The van der Waals surface area contributed by atoms with Crippen molar-refractivity contribution in [2.24, 2.45) is 10.2 Å². The van der Waals surface area contributed by atoms with Gasteiger partial charge in [0, 0.05) is 0 Å². The molecule has 0 saturated heterocycles. The molecule has 1 unspecified atom stereocenters. The van der Waals surface area contributed by atoms with Crippen molar-refractivity contribution in [1.29, 1.82) is 0 Å². The van der Waals surface area contributed by atoms with E-state index in [4.69, 9.17) is 13.3 Å². The van der Waals surface area contributed by atoms with Gasteiger partial charge in [0.1, 0.15) is 0 Å². The number of hydrogen-bond acceptors (Lipinski definition) is 4. The Morgan fingerprint density at radius 2 is 1.76 bits per heavy atom. The molecule has 2 rings (SSSR count). The van der Waals surface area contributed by atoms with E-state index in [1.165, 1.54) is 0 Å². The number of carbonyl (C=O) groups excluding carboxylic acids is 1. The fourth-order valence-corrected chi connectivity index (χ4v) is 1.31. The summed E-state index contributed by atoms with van der Waals surface area (Å²) in [4.78, 5) is 11.3. The lowest BCUT2D eigenvalue weighted by Crippen LogP contribution is -1.94. The summed E-state index contributed by atoms with van der Waals surface area (Å²) < 4.78 is 24.1. The molecule has 90 valence electrons. The lowest BCUT2D eigenvalue weighted by molar-refractivity contribution is -0.112. The lowest BCUT2D eigenvalue weighted by Gasteiger charge is -1.98. The summed E-state index contributed by atoms with van der Waals surface area (Å²) in [5.74, 6) is -0.247. The highest BCUT2D eigenvalue weighted by Crippen LogP contribution is 2.25. The molecule has 1 aromatic rings. The van der Waals surface area contributed by atoms with Crippen LogP contribution in [-0.2, 0) is 16.2 Å². The third-order valence-electron chi connectivity index (χ3n) is 1.93. The number of azo groups is 1. The average Bonchev–Trinajstić information content (AvgIpc) is 2.59. The molecule has 6 nitrogen and oxygen atoms in total. The fourth-order valence-electron chi connectivity index (χ4n) is 1.31. The predicted molar refractivity (Wildman–Crippen MR) is 60.4 cm³/mol. The van der Waals surface area contributed by atoms with Crippen LogP contribution in [-0.4, -0.2) is 19.2 Å². The van der Waals surface area contributed by atoms with Crippen LogP contribution in [0.25, 0.3) is 5.57 Å². The minimum absolute atomic E-state index is 0.247. The van der Waals surface area contributed by atoms with Gasteiger partial charge in [-0.05, 0) is 12.5 Å². The maximum absolute atomic E-state index is 11.3. The Hall–Kier alpha value is -1.70. The Morgan fingerprint density at radius 1 is 1.24 bits per heavy atom. The molecule has 1 aromatic carbocycles. The zero-order valence-electron chi connectivity index (χ0n) is 8.86. The van der Waals surface area contributed by atoms with Crippen molar-refractivity contribution in [3.8, 4) is 0 Å². The highest BCUT2D eigenvalue weighted by molar-refractivity contribution is 7.73. The van der Waals surface area contributed by atoms with Gasteiger partial charge in [0.2, 0.25) is 0 Å². The van der Waals surface area contributed by atoms with Crippen molar-refractivity contribution in [1.82, 2.24) is 0 Å². The second-order valence-corrected chi connectivity index (χ2v) is 3.48. The second-order valence-electron chi connectivity index (χ2n) is 3.05. The highest BCUT2D eigenvalue weighted by atomic mass is 32.2. The molecule has 0 radical (unpaired) electrons. The fraction of sp³-hybridized carbons (Fsp3) is 0.100. The Bertz CT molecular complexity index is 492. The summed E-state index contributed by atoms with van der Waals surface area (Å²) in [5, 5.41) is 7.22. The molecule has 0 saturated carbocycles. The first-order chi connectivity index (χ1) is 8.02. The van der Waals surface area contributed by atoms with E-state index in [0.29, 0.717) is 11.3 Å². The number of rotatable bonds is 1. The smallest absolute Gasteiger partial charge is 0.297 e. The van der Waals surface area contributed by atoms with Gasteiger partial charge >= 0.3 is 0 Å². The maximum atomic E-state index is 11.3. The van der Waals surface area contributed by atoms with E-state index in [2.05, 4.69) is 10.2 Å². The Morgan fingerprint density at radius 3 is 2.18 bits per heavy atom. The molecule has 0 fully saturated rings. The van der Waals surface area contributed by atoms with Crippen LogP contribution in [0.5, 0.6) is 0 Å². The number of allylic oxidation sites excluding steroid dienone is 1. The maximum Gasteiger partial charge on any atom is 0.297 e. The molecular weight excluding hydrogens is 244 g/mol. The van der Waals surface area contributed by atoms with Gasteiger partial charge in [0.25, 0.3) is 5.91 Å². The van der Waals surface area contributed by atoms with E-state index >= 15 is 0 Å². The topological polar surface area (TPSA) is 102 Å². The first kappa shape index (κ1) is 13.4. The van der Waals surface area contributed by atoms with E-state index < -0.39 is 11.4 Å². The van der Waals surface area contributed by atoms with Crippen LogP contribution in [0.1, 0.15) is 12.5 Å². The molecule has 1 aliphatic rings. The quantitative estimate of drug-likeness (QED) is 0.770. The van der Waals surface area contributed by atoms with Crippen LogP contribution in [0.2, 0.25) is 0 Å². The van der Waals surface area contributed by atoms with E-state index in [-0.39, 0.29) is 5.91 Å². The van der Waals surface area contributed by atoms with Gasteiger partial charge in [0.05, 0.1) is 22.6 Å². The Kier molecular flexibility index (Phi) is 4.83. The van der Waals surface area contributed by atoms with E-state index in [1.807, 2.05) is 30.3 Å². The Balaban J connectivity index is 0.000000317. The molecule has 1 amide bonds. The van der Waals surface area contributed by atoms with Gasteiger partial charge in [-0.25, -0.2) is 4.21 Å². The highest BCUT2D eigenvalue weighted by Gasteiger charge is 2.19. The van der Waals surface area contributed by atoms with Crippen LogP contribution in [0.15, 0.2) is 46.3 Å². The summed E-state index contributed by atoms with van der Waals surface area (Å²) in [6.45, 7) is 1.79. The van der Waals surface area contributed by atoms with E-state index in [0.717, 1.165) is 5.56 Å². The molecule has 17 heavy (non-hydrogen) atoms. The minimum Gasteiger partial charge on any atom is -0.750 e. The van der Waals surface area contributed by atoms with E-state index in [1.54, 1.807) is 6.92 Å².